The molecule has 5 nitrogen and oxygen atoms in total. The normalized spacial score (nSPS) is 10.7. The maximum atomic E-state index is 14.2. The number of carbonyl (C=O) groups excluding carboxylic acids is 1. The predicted octanol–water partition coefficient (Wildman–Crippen LogP) is 3.18. The standard InChI is InChI=1S/C14H10BrF2NO4S/c1-22-14(19)10-6-12(17)13(7-11(10)16)18(23(20)21)9-4-2-8(15)3-5-9/h2-7,23H,1H3. The molecule has 0 aromatic heterocycles. The van der Waals surface area contributed by atoms with Gasteiger partial charge in [-0.3, -0.25) is 0 Å². The van der Waals surface area contributed by atoms with E-state index in [0.717, 1.165) is 7.11 Å². The number of carbonyl (C=O) groups is 1. The molecule has 2 aromatic carbocycles. The highest BCUT2D eigenvalue weighted by atomic mass is 79.9. The van der Waals surface area contributed by atoms with E-state index in [2.05, 4.69) is 20.7 Å². The lowest BCUT2D eigenvalue weighted by Crippen LogP contribution is -2.17. The van der Waals surface area contributed by atoms with E-state index >= 15 is 0 Å². The fourth-order valence-corrected chi connectivity index (χ4v) is 2.78. The Morgan fingerprint density at radius 2 is 1.74 bits per heavy atom. The third kappa shape index (κ3) is 3.67. The number of benzene rings is 2. The van der Waals surface area contributed by atoms with Crippen LogP contribution in [-0.2, 0) is 15.6 Å². The molecule has 122 valence electrons. The minimum absolute atomic E-state index is 0.119. The van der Waals surface area contributed by atoms with Gasteiger partial charge in [-0.15, -0.1) is 0 Å². The highest BCUT2D eigenvalue weighted by molar-refractivity contribution is 9.10. The van der Waals surface area contributed by atoms with Gasteiger partial charge in [0.05, 0.1) is 24.0 Å². The molecule has 0 aliphatic rings. The van der Waals surface area contributed by atoms with Crippen LogP contribution in [0.15, 0.2) is 40.9 Å². The number of anilines is 2. The third-order valence-corrected chi connectivity index (χ3v) is 4.21. The molecule has 0 saturated carbocycles. The van der Waals surface area contributed by atoms with Crippen molar-refractivity contribution in [3.05, 3.63) is 58.1 Å². The van der Waals surface area contributed by atoms with Crippen molar-refractivity contribution in [2.75, 3.05) is 11.4 Å². The van der Waals surface area contributed by atoms with Crippen molar-refractivity contribution in [3.63, 3.8) is 0 Å². The van der Waals surface area contributed by atoms with E-state index in [1.165, 1.54) is 12.1 Å². The van der Waals surface area contributed by atoms with Crippen LogP contribution in [0.2, 0.25) is 0 Å². The Labute approximate surface area is 140 Å². The van der Waals surface area contributed by atoms with Gasteiger partial charge in [-0.2, -0.15) is 0 Å². The Kier molecular flexibility index (Phi) is 5.32. The molecule has 0 spiro atoms. The van der Waals surface area contributed by atoms with Gasteiger partial charge in [0.2, 0.25) is 10.9 Å². The maximum absolute atomic E-state index is 14.2. The lowest BCUT2D eigenvalue weighted by atomic mass is 10.1. The molecule has 2 rings (SSSR count). The second-order valence-electron chi connectivity index (χ2n) is 4.30. The molecule has 0 N–H and O–H groups in total. The molecule has 0 aliphatic heterocycles. The molecule has 23 heavy (non-hydrogen) atoms. The third-order valence-electron chi connectivity index (χ3n) is 2.90. The predicted molar refractivity (Wildman–Crippen MR) is 84.3 cm³/mol. The number of thiol groups is 1. The molecule has 0 fully saturated rings. The lowest BCUT2D eigenvalue weighted by Gasteiger charge is -2.19. The summed E-state index contributed by atoms with van der Waals surface area (Å²) < 4.78 is 56.8. The quantitative estimate of drug-likeness (QED) is 0.626. The number of esters is 1. The molecule has 0 unspecified atom stereocenters. The zero-order chi connectivity index (χ0) is 17.1. The van der Waals surface area contributed by atoms with Crippen molar-refractivity contribution in [1.29, 1.82) is 0 Å². The van der Waals surface area contributed by atoms with Crippen molar-refractivity contribution >= 4 is 44.2 Å². The Hall–Kier alpha value is -2.00. The smallest absolute Gasteiger partial charge is 0.340 e. The summed E-state index contributed by atoms with van der Waals surface area (Å²) in [5, 5.41) is 0. The van der Waals surface area contributed by atoms with Crippen LogP contribution in [0, 0.1) is 11.6 Å². The van der Waals surface area contributed by atoms with Gasteiger partial charge in [-0.1, -0.05) is 15.9 Å². The van der Waals surface area contributed by atoms with Crippen molar-refractivity contribution in [3.8, 4) is 0 Å². The fraction of sp³-hybridized carbons (Fsp3) is 0.0714. The minimum Gasteiger partial charge on any atom is -0.465 e. The maximum Gasteiger partial charge on any atom is 0.340 e. The number of halogens is 3. The van der Waals surface area contributed by atoms with Gasteiger partial charge in [0, 0.05) is 10.5 Å². The van der Waals surface area contributed by atoms with Crippen molar-refractivity contribution < 1.29 is 26.7 Å². The Balaban J connectivity index is 2.59. The first-order chi connectivity index (χ1) is 10.8. The van der Waals surface area contributed by atoms with Crippen LogP contribution >= 0.6 is 15.9 Å². The first-order valence-corrected chi connectivity index (χ1v) is 8.05. The van der Waals surface area contributed by atoms with E-state index in [1.54, 1.807) is 12.1 Å². The van der Waals surface area contributed by atoms with Crippen LogP contribution < -0.4 is 4.31 Å². The van der Waals surface area contributed by atoms with E-state index < -0.39 is 39.7 Å². The molecule has 0 saturated heterocycles. The monoisotopic (exact) mass is 405 g/mol. The zero-order valence-electron chi connectivity index (χ0n) is 11.6. The number of rotatable bonds is 4. The number of hydrogen-bond acceptors (Lipinski definition) is 4. The molecule has 0 radical (unpaired) electrons. The molecule has 9 heteroatoms. The fourth-order valence-electron chi connectivity index (χ4n) is 1.87. The summed E-state index contributed by atoms with van der Waals surface area (Å²) in [5.74, 6) is -3.23. The van der Waals surface area contributed by atoms with E-state index in [4.69, 9.17) is 0 Å². The molecule has 0 amide bonds. The molecule has 0 bridgehead atoms. The van der Waals surface area contributed by atoms with Crippen LogP contribution in [0.1, 0.15) is 10.4 Å². The summed E-state index contributed by atoms with van der Waals surface area (Å²) in [6.07, 6.45) is 0. The number of nitrogens with zero attached hydrogens (tertiary/aromatic N) is 1. The molecule has 0 heterocycles. The summed E-state index contributed by atoms with van der Waals surface area (Å²) in [4.78, 5) is 11.3. The summed E-state index contributed by atoms with van der Waals surface area (Å²) in [7, 11) is -2.26. The van der Waals surface area contributed by atoms with Gasteiger partial charge in [0.1, 0.15) is 11.6 Å². The first-order valence-electron chi connectivity index (χ1n) is 6.12. The number of ether oxygens (including phenoxy) is 1. The molecular weight excluding hydrogens is 396 g/mol. The van der Waals surface area contributed by atoms with Gasteiger partial charge in [-0.05, 0) is 30.3 Å². The average molecular weight is 406 g/mol. The van der Waals surface area contributed by atoms with E-state index in [1.807, 2.05) is 0 Å². The van der Waals surface area contributed by atoms with E-state index in [9.17, 15) is 22.0 Å². The second kappa shape index (κ2) is 7.05. The van der Waals surface area contributed by atoms with Crippen LogP contribution in [0.4, 0.5) is 20.2 Å². The van der Waals surface area contributed by atoms with E-state index in [-0.39, 0.29) is 5.69 Å². The molecule has 0 atom stereocenters. The number of hydrogen-bond donors (Lipinski definition) is 1. The Morgan fingerprint density at radius 3 is 2.26 bits per heavy atom. The topological polar surface area (TPSA) is 63.7 Å². The van der Waals surface area contributed by atoms with Gasteiger partial charge in [0.15, 0.2) is 0 Å². The summed E-state index contributed by atoms with van der Waals surface area (Å²) in [6, 6.07) is 7.17. The SMILES string of the molecule is COC(=O)c1cc(F)c(N(c2ccc(Br)cc2)[SH](=O)=O)cc1F. The minimum atomic E-state index is -3.29. The Morgan fingerprint density at radius 1 is 1.13 bits per heavy atom. The summed E-state index contributed by atoms with van der Waals surface area (Å²) in [5.41, 5.74) is -1.03. The highest BCUT2D eigenvalue weighted by Crippen LogP contribution is 2.31. The van der Waals surface area contributed by atoms with Crippen molar-refractivity contribution in [2.45, 2.75) is 0 Å². The molecular formula is C14H10BrF2NO4S. The summed E-state index contributed by atoms with van der Waals surface area (Å²) in [6.45, 7) is 0. The van der Waals surface area contributed by atoms with Gasteiger partial charge < -0.3 is 4.74 Å². The highest BCUT2D eigenvalue weighted by Gasteiger charge is 2.22. The first kappa shape index (κ1) is 17.4. The van der Waals surface area contributed by atoms with Crippen molar-refractivity contribution in [2.24, 2.45) is 0 Å². The van der Waals surface area contributed by atoms with Gasteiger partial charge in [-0.25, -0.2) is 26.3 Å². The average Bonchev–Trinajstić information content (AvgIpc) is 2.51. The molecule has 0 aliphatic carbocycles. The van der Waals surface area contributed by atoms with Gasteiger partial charge in [0.25, 0.3) is 0 Å². The van der Waals surface area contributed by atoms with Gasteiger partial charge >= 0.3 is 5.97 Å². The van der Waals surface area contributed by atoms with Crippen LogP contribution in [0.25, 0.3) is 0 Å². The van der Waals surface area contributed by atoms with Crippen LogP contribution in [0.3, 0.4) is 0 Å². The lowest BCUT2D eigenvalue weighted by molar-refractivity contribution is 0.0595. The second-order valence-corrected chi connectivity index (χ2v) is 6.09. The molecule has 2 aromatic rings. The van der Waals surface area contributed by atoms with Crippen LogP contribution in [0.5, 0.6) is 0 Å². The van der Waals surface area contributed by atoms with E-state index in [0.29, 0.717) is 20.9 Å². The number of methoxy groups -OCH3 is 1. The van der Waals surface area contributed by atoms with Crippen LogP contribution in [-0.4, -0.2) is 21.5 Å². The Bertz CT molecular complexity index is 816. The largest absolute Gasteiger partial charge is 0.465 e. The summed E-state index contributed by atoms with van der Waals surface area (Å²) >= 11 is 3.19. The zero-order valence-corrected chi connectivity index (χ0v) is 14.1. The van der Waals surface area contributed by atoms with Crippen molar-refractivity contribution in [1.82, 2.24) is 0 Å².